The summed E-state index contributed by atoms with van der Waals surface area (Å²) in [6.07, 6.45) is -2.90. The summed E-state index contributed by atoms with van der Waals surface area (Å²) >= 11 is 0. The van der Waals surface area contributed by atoms with E-state index in [2.05, 4.69) is 12.2 Å². The number of nitrogens with one attached hydrogen (secondary N) is 1. The Balaban J connectivity index is 1.86. The highest BCUT2D eigenvalue weighted by Crippen LogP contribution is 2.29. The van der Waals surface area contributed by atoms with Crippen LogP contribution in [-0.2, 0) is 17.5 Å². The summed E-state index contributed by atoms with van der Waals surface area (Å²) < 4.78 is 37.6. The van der Waals surface area contributed by atoms with Crippen molar-refractivity contribution in [2.24, 2.45) is 5.92 Å². The summed E-state index contributed by atoms with van der Waals surface area (Å²) in [6, 6.07) is 5.52. The first-order chi connectivity index (χ1) is 10.8. The van der Waals surface area contributed by atoms with Crippen LogP contribution < -0.4 is 5.32 Å². The SMILES string of the molecule is CCC(=O)N1CC[C@H](NCc2ccc(C(F)(F)F)cc2)[C@H](C)C1. The maximum Gasteiger partial charge on any atom is 0.416 e. The Morgan fingerprint density at radius 3 is 2.48 bits per heavy atom. The van der Waals surface area contributed by atoms with Crippen LogP contribution >= 0.6 is 0 Å². The summed E-state index contributed by atoms with van der Waals surface area (Å²) in [6.45, 7) is 5.97. The Morgan fingerprint density at radius 2 is 1.96 bits per heavy atom. The number of halogens is 3. The fraction of sp³-hybridized carbons (Fsp3) is 0.588. The fourth-order valence-corrected chi connectivity index (χ4v) is 2.96. The lowest BCUT2D eigenvalue weighted by molar-refractivity contribution is -0.137. The van der Waals surface area contributed by atoms with Crippen LogP contribution in [-0.4, -0.2) is 29.9 Å². The third-order valence-electron chi connectivity index (χ3n) is 4.41. The number of hydrogen-bond acceptors (Lipinski definition) is 2. The minimum absolute atomic E-state index is 0.179. The maximum atomic E-state index is 12.5. The molecule has 128 valence electrons. The number of hydrogen-bond donors (Lipinski definition) is 1. The molecule has 1 aliphatic heterocycles. The van der Waals surface area contributed by atoms with Crippen molar-refractivity contribution in [3.63, 3.8) is 0 Å². The number of nitrogens with zero attached hydrogens (tertiary/aromatic N) is 1. The van der Waals surface area contributed by atoms with Gasteiger partial charge in [0.1, 0.15) is 0 Å². The van der Waals surface area contributed by atoms with Gasteiger partial charge < -0.3 is 10.2 Å². The number of carbonyl (C=O) groups is 1. The van der Waals surface area contributed by atoms with Gasteiger partial charge in [0, 0.05) is 32.1 Å². The van der Waals surface area contributed by atoms with E-state index in [9.17, 15) is 18.0 Å². The van der Waals surface area contributed by atoms with Crippen molar-refractivity contribution < 1.29 is 18.0 Å². The first-order valence-electron chi connectivity index (χ1n) is 7.98. The standard InChI is InChI=1S/C17H23F3N2O/c1-3-16(23)22-9-8-15(12(2)11-22)21-10-13-4-6-14(7-5-13)17(18,19)20/h4-7,12,15,21H,3,8-11H2,1-2H3/t12-,15+/m1/s1. The van der Waals surface area contributed by atoms with Crippen LogP contribution in [0.25, 0.3) is 0 Å². The summed E-state index contributed by atoms with van der Waals surface area (Å²) in [5.74, 6) is 0.506. The topological polar surface area (TPSA) is 32.3 Å². The average molecular weight is 328 g/mol. The van der Waals surface area contributed by atoms with Crippen molar-refractivity contribution in [1.29, 1.82) is 0 Å². The van der Waals surface area contributed by atoms with Crippen LogP contribution in [0.3, 0.4) is 0 Å². The highest BCUT2D eigenvalue weighted by atomic mass is 19.4. The number of piperidine rings is 1. The molecule has 1 fully saturated rings. The number of likely N-dealkylation sites (tertiary alicyclic amines) is 1. The Bertz CT molecular complexity index is 528. The van der Waals surface area contributed by atoms with Gasteiger partial charge in [-0.05, 0) is 30.0 Å². The Kier molecular flexibility index (Phi) is 5.68. The molecule has 1 aliphatic rings. The highest BCUT2D eigenvalue weighted by molar-refractivity contribution is 5.75. The summed E-state index contributed by atoms with van der Waals surface area (Å²) in [4.78, 5) is 13.6. The van der Waals surface area contributed by atoms with Crippen molar-refractivity contribution in [2.75, 3.05) is 13.1 Å². The molecule has 6 heteroatoms. The fourth-order valence-electron chi connectivity index (χ4n) is 2.96. The molecular weight excluding hydrogens is 305 g/mol. The van der Waals surface area contributed by atoms with E-state index in [0.717, 1.165) is 37.2 Å². The van der Waals surface area contributed by atoms with Crippen LogP contribution in [0.15, 0.2) is 24.3 Å². The molecule has 0 bridgehead atoms. The van der Waals surface area contributed by atoms with Gasteiger partial charge in [-0.25, -0.2) is 0 Å². The van der Waals surface area contributed by atoms with E-state index in [0.29, 0.717) is 18.9 Å². The van der Waals surface area contributed by atoms with Crippen LogP contribution in [0.5, 0.6) is 0 Å². The molecule has 1 heterocycles. The predicted molar refractivity (Wildman–Crippen MR) is 82.7 cm³/mol. The van der Waals surface area contributed by atoms with Crippen LogP contribution in [0.4, 0.5) is 13.2 Å². The molecule has 23 heavy (non-hydrogen) atoms. The van der Waals surface area contributed by atoms with Crippen molar-refractivity contribution in [1.82, 2.24) is 10.2 Å². The third-order valence-corrected chi connectivity index (χ3v) is 4.41. The summed E-state index contributed by atoms with van der Waals surface area (Å²) in [5.41, 5.74) is 0.207. The van der Waals surface area contributed by atoms with Crippen molar-refractivity contribution in [3.8, 4) is 0 Å². The zero-order chi connectivity index (χ0) is 17.0. The molecular formula is C17H23F3N2O. The van der Waals surface area contributed by atoms with E-state index >= 15 is 0 Å². The lowest BCUT2D eigenvalue weighted by Gasteiger charge is -2.37. The van der Waals surface area contributed by atoms with Crippen LogP contribution in [0, 0.1) is 5.92 Å². The molecule has 3 nitrogen and oxygen atoms in total. The van der Waals surface area contributed by atoms with Gasteiger partial charge in [0.2, 0.25) is 5.91 Å². The van der Waals surface area contributed by atoms with Gasteiger partial charge in [0.05, 0.1) is 5.56 Å². The first kappa shape index (κ1) is 17.8. The second-order valence-corrected chi connectivity index (χ2v) is 6.14. The Labute approximate surface area is 134 Å². The van der Waals surface area contributed by atoms with Gasteiger partial charge in [-0.15, -0.1) is 0 Å². The van der Waals surface area contributed by atoms with Crippen molar-refractivity contribution in [2.45, 2.75) is 45.5 Å². The number of rotatable bonds is 4. The highest BCUT2D eigenvalue weighted by Gasteiger charge is 2.30. The Morgan fingerprint density at radius 1 is 1.30 bits per heavy atom. The molecule has 2 rings (SSSR count). The second-order valence-electron chi connectivity index (χ2n) is 6.14. The monoisotopic (exact) mass is 328 g/mol. The van der Waals surface area contributed by atoms with E-state index in [1.54, 1.807) is 0 Å². The van der Waals surface area contributed by atoms with E-state index in [-0.39, 0.29) is 11.9 Å². The third kappa shape index (κ3) is 4.70. The van der Waals surface area contributed by atoms with Gasteiger partial charge in [0.15, 0.2) is 0 Å². The molecule has 0 aliphatic carbocycles. The van der Waals surface area contributed by atoms with Gasteiger partial charge >= 0.3 is 6.18 Å². The van der Waals surface area contributed by atoms with E-state index in [4.69, 9.17) is 0 Å². The largest absolute Gasteiger partial charge is 0.416 e. The minimum atomic E-state index is -4.29. The molecule has 0 radical (unpaired) electrons. The quantitative estimate of drug-likeness (QED) is 0.918. The lowest BCUT2D eigenvalue weighted by Crippen LogP contribution is -2.49. The number of carbonyl (C=O) groups excluding carboxylic acids is 1. The molecule has 0 saturated carbocycles. The molecule has 1 N–H and O–H groups in total. The van der Waals surface area contributed by atoms with Crippen LogP contribution in [0.2, 0.25) is 0 Å². The summed E-state index contributed by atoms with van der Waals surface area (Å²) in [5, 5.41) is 3.40. The first-order valence-corrected chi connectivity index (χ1v) is 7.98. The molecule has 2 atom stereocenters. The van der Waals surface area contributed by atoms with E-state index < -0.39 is 11.7 Å². The van der Waals surface area contributed by atoms with Gasteiger partial charge in [-0.2, -0.15) is 13.2 Å². The number of amides is 1. The molecule has 1 amide bonds. The lowest BCUT2D eigenvalue weighted by atomic mass is 9.93. The zero-order valence-electron chi connectivity index (χ0n) is 13.5. The van der Waals surface area contributed by atoms with Crippen molar-refractivity contribution in [3.05, 3.63) is 35.4 Å². The number of alkyl halides is 3. The molecule has 1 aromatic rings. The molecule has 1 saturated heterocycles. The van der Waals surface area contributed by atoms with E-state index in [1.807, 2.05) is 11.8 Å². The normalized spacial score (nSPS) is 22.2. The average Bonchev–Trinajstić information content (AvgIpc) is 2.52. The summed E-state index contributed by atoms with van der Waals surface area (Å²) in [7, 11) is 0. The zero-order valence-corrected chi connectivity index (χ0v) is 13.5. The van der Waals surface area contributed by atoms with Crippen LogP contribution in [0.1, 0.15) is 37.8 Å². The molecule has 1 aromatic carbocycles. The Hall–Kier alpha value is -1.56. The van der Waals surface area contributed by atoms with Gasteiger partial charge in [0.25, 0.3) is 0 Å². The smallest absolute Gasteiger partial charge is 0.342 e. The number of benzene rings is 1. The molecule has 0 spiro atoms. The molecule has 0 aromatic heterocycles. The van der Waals surface area contributed by atoms with Gasteiger partial charge in [-0.1, -0.05) is 26.0 Å². The maximum absolute atomic E-state index is 12.5. The van der Waals surface area contributed by atoms with Crippen molar-refractivity contribution >= 4 is 5.91 Å². The van der Waals surface area contributed by atoms with E-state index in [1.165, 1.54) is 12.1 Å². The second kappa shape index (κ2) is 7.34. The molecule has 0 unspecified atom stereocenters. The minimum Gasteiger partial charge on any atom is -0.342 e. The predicted octanol–water partition coefficient (Wildman–Crippen LogP) is 3.44. The van der Waals surface area contributed by atoms with Gasteiger partial charge in [-0.3, -0.25) is 4.79 Å².